The molecule has 0 fully saturated rings. The van der Waals surface area contributed by atoms with Gasteiger partial charge in [0.2, 0.25) is 23.6 Å². The zero-order valence-electron chi connectivity index (χ0n) is 22.9. The minimum Gasteiger partial charge on any atom is -0.508 e. The Bertz CT molecular complexity index is 1460. The third-order valence-corrected chi connectivity index (χ3v) is 7.32. The van der Waals surface area contributed by atoms with E-state index in [0.29, 0.717) is 0 Å². The molecule has 4 rings (SSSR count). The summed E-state index contributed by atoms with van der Waals surface area (Å²) in [5.74, 6) is -2.02. The Morgan fingerprint density at radius 1 is 1.02 bits per heavy atom. The van der Waals surface area contributed by atoms with Crippen molar-refractivity contribution in [1.29, 1.82) is 0 Å². The average molecular weight is 546 g/mol. The number of carbonyl (C=O) groups is 4. The molecule has 4 amide bonds. The maximum absolute atomic E-state index is 13.4. The molecule has 210 valence electrons. The highest BCUT2D eigenvalue weighted by Crippen LogP contribution is 2.26. The van der Waals surface area contributed by atoms with Crippen molar-refractivity contribution >= 4 is 34.4 Å². The number of amides is 4. The van der Waals surface area contributed by atoms with Gasteiger partial charge < -0.3 is 32.1 Å². The van der Waals surface area contributed by atoms with E-state index in [1.807, 2.05) is 50.2 Å². The molecule has 40 heavy (non-hydrogen) atoms. The summed E-state index contributed by atoms with van der Waals surface area (Å²) in [5.41, 5.74) is 15.8. The van der Waals surface area contributed by atoms with Gasteiger partial charge in [0.1, 0.15) is 17.8 Å². The van der Waals surface area contributed by atoms with E-state index in [1.165, 1.54) is 11.8 Å². The maximum atomic E-state index is 13.4. The Balaban J connectivity index is 1.47. The minimum atomic E-state index is -0.975. The number of primary amides is 1. The topological polar surface area (TPSA) is 168 Å². The molecule has 0 saturated heterocycles. The Morgan fingerprint density at radius 2 is 1.62 bits per heavy atom. The van der Waals surface area contributed by atoms with Gasteiger partial charge in [-0.1, -0.05) is 30.3 Å². The Hall–Kier alpha value is -4.44. The molecule has 0 radical (unpaired) electrons. The van der Waals surface area contributed by atoms with Gasteiger partial charge in [0, 0.05) is 13.0 Å². The first-order valence-corrected chi connectivity index (χ1v) is 13.2. The zero-order valence-corrected chi connectivity index (χ0v) is 22.9. The third kappa shape index (κ3) is 6.40. The molecule has 1 aliphatic rings. The van der Waals surface area contributed by atoms with E-state index in [-0.39, 0.29) is 31.7 Å². The van der Waals surface area contributed by atoms with Crippen molar-refractivity contribution in [3.05, 3.63) is 76.3 Å². The number of rotatable bonds is 8. The van der Waals surface area contributed by atoms with Crippen LogP contribution in [-0.2, 0) is 38.6 Å². The predicted octanol–water partition coefficient (Wildman–Crippen LogP) is 1.09. The molecule has 10 heteroatoms. The lowest BCUT2D eigenvalue weighted by Gasteiger charge is -2.25. The molecule has 1 heterocycles. The zero-order chi connectivity index (χ0) is 29.1. The monoisotopic (exact) mass is 545 g/mol. The molecule has 3 atom stereocenters. The van der Waals surface area contributed by atoms with Crippen molar-refractivity contribution in [3.63, 3.8) is 0 Å². The summed E-state index contributed by atoms with van der Waals surface area (Å²) in [7, 11) is 0. The van der Waals surface area contributed by atoms with Crippen molar-refractivity contribution < 1.29 is 24.3 Å². The maximum Gasteiger partial charge on any atom is 0.246 e. The third-order valence-electron chi connectivity index (χ3n) is 7.32. The lowest BCUT2D eigenvalue weighted by molar-refractivity contribution is -0.139. The molecule has 3 aromatic carbocycles. The van der Waals surface area contributed by atoms with Crippen LogP contribution in [0.15, 0.2) is 48.5 Å². The van der Waals surface area contributed by atoms with Gasteiger partial charge in [-0.05, 0) is 84.0 Å². The molecule has 0 unspecified atom stereocenters. The number of carbonyl (C=O) groups excluding carboxylic acids is 4. The van der Waals surface area contributed by atoms with Crippen molar-refractivity contribution in [2.75, 3.05) is 6.54 Å². The minimum absolute atomic E-state index is 0.139. The second-order valence-corrected chi connectivity index (χ2v) is 10.5. The normalized spacial score (nSPS) is 16.6. The van der Waals surface area contributed by atoms with Gasteiger partial charge in [-0.3, -0.25) is 19.2 Å². The largest absolute Gasteiger partial charge is 0.508 e. The Labute approximate surface area is 232 Å². The average Bonchev–Trinajstić information content (AvgIpc) is 3.00. The molecular formula is C30H35N5O5. The lowest BCUT2D eigenvalue weighted by atomic mass is 9.96. The van der Waals surface area contributed by atoms with Crippen LogP contribution in [0.4, 0.5) is 0 Å². The fraction of sp³-hybridized carbons (Fsp3) is 0.333. The van der Waals surface area contributed by atoms with E-state index in [0.717, 1.165) is 38.6 Å². The number of hydrogen-bond donors (Lipinski definition) is 5. The van der Waals surface area contributed by atoms with Crippen LogP contribution in [0.1, 0.15) is 34.7 Å². The van der Waals surface area contributed by atoms with Gasteiger partial charge in [0.15, 0.2) is 0 Å². The molecule has 10 nitrogen and oxygen atoms in total. The second kappa shape index (κ2) is 11.7. The van der Waals surface area contributed by atoms with E-state index >= 15 is 0 Å². The van der Waals surface area contributed by atoms with Crippen LogP contribution in [0.5, 0.6) is 5.75 Å². The first kappa shape index (κ1) is 28.6. The molecular weight excluding hydrogens is 510 g/mol. The molecule has 0 aromatic heterocycles. The van der Waals surface area contributed by atoms with Crippen molar-refractivity contribution in [2.45, 2.75) is 58.3 Å². The molecule has 0 saturated carbocycles. The highest BCUT2D eigenvalue weighted by Gasteiger charge is 2.33. The van der Waals surface area contributed by atoms with Crippen LogP contribution < -0.4 is 22.1 Å². The molecule has 1 aliphatic heterocycles. The van der Waals surface area contributed by atoms with Crippen LogP contribution in [0, 0.1) is 13.8 Å². The lowest BCUT2D eigenvalue weighted by Crippen LogP contribution is -2.56. The molecule has 0 spiro atoms. The van der Waals surface area contributed by atoms with Gasteiger partial charge in [0.25, 0.3) is 0 Å². The quantitative estimate of drug-likeness (QED) is 0.284. The number of benzene rings is 3. The van der Waals surface area contributed by atoms with Crippen LogP contribution >= 0.6 is 0 Å². The highest BCUT2D eigenvalue weighted by atomic mass is 16.3. The number of nitrogens with zero attached hydrogens (tertiary/aromatic N) is 1. The van der Waals surface area contributed by atoms with Crippen LogP contribution in [0.2, 0.25) is 0 Å². The number of phenolic OH excluding ortho intramolecular Hbond substituents is 1. The van der Waals surface area contributed by atoms with Crippen molar-refractivity contribution in [3.8, 4) is 5.75 Å². The van der Waals surface area contributed by atoms with Gasteiger partial charge >= 0.3 is 0 Å². The summed E-state index contributed by atoms with van der Waals surface area (Å²) in [4.78, 5) is 52.4. The van der Waals surface area contributed by atoms with Gasteiger partial charge in [-0.2, -0.15) is 0 Å². The van der Waals surface area contributed by atoms with Crippen molar-refractivity contribution in [1.82, 2.24) is 15.5 Å². The standard InChI is InChI=1S/C30H35N5O5/c1-16-8-23(36)9-17(2)24(16)13-25(31)29(39)33-18(3)28(38)34-26-12-21-10-19-6-4-5-7-20(19)11-22(21)14-35(30(26)40)15-27(32)37/h4-11,18,25-26,36H,12-15,31H2,1-3H3,(H2,32,37)(H,33,39)(H,34,38)/t18-,25+,26+/m1/s1. The summed E-state index contributed by atoms with van der Waals surface area (Å²) in [6.45, 7) is 5.07. The smallest absolute Gasteiger partial charge is 0.246 e. The number of fused-ring (bicyclic) bond motifs is 2. The number of aryl methyl sites for hydroxylation is 2. The molecule has 0 aliphatic carbocycles. The summed E-state index contributed by atoms with van der Waals surface area (Å²) in [6.07, 6.45) is 0.450. The van der Waals surface area contributed by atoms with Crippen LogP contribution in [-0.4, -0.2) is 58.3 Å². The fourth-order valence-electron chi connectivity index (χ4n) is 5.21. The Kier molecular flexibility index (Phi) is 8.39. The first-order valence-electron chi connectivity index (χ1n) is 13.2. The number of hydrogen-bond acceptors (Lipinski definition) is 6. The predicted molar refractivity (Wildman–Crippen MR) is 151 cm³/mol. The fourth-order valence-corrected chi connectivity index (χ4v) is 5.21. The molecule has 0 bridgehead atoms. The highest BCUT2D eigenvalue weighted by molar-refractivity contribution is 5.95. The summed E-state index contributed by atoms with van der Waals surface area (Å²) >= 11 is 0. The summed E-state index contributed by atoms with van der Waals surface area (Å²) in [6, 6.07) is 12.1. The summed E-state index contributed by atoms with van der Waals surface area (Å²) < 4.78 is 0. The van der Waals surface area contributed by atoms with E-state index in [4.69, 9.17) is 11.5 Å². The number of phenols is 1. The molecule has 3 aromatic rings. The SMILES string of the molecule is Cc1cc(O)cc(C)c1C[C@H](N)C(=O)N[C@H](C)C(=O)N[C@H]1Cc2cc3ccccc3cc2CN(CC(N)=O)C1=O. The second-order valence-electron chi connectivity index (χ2n) is 10.5. The van der Waals surface area contributed by atoms with Gasteiger partial charge in [-0.15, -0.1) is 0 Å². The van der Waals surface area contributed by atoms with E-state index in [2.05, 4.69) is 10.6 Å². The van der Waals surface area contributed by atoms with E-state index in [1.54, 1.807) is 12.1 Å². The first-order chi connectivity index (χ1) is 18.9. The number of nitrogens with two attached hydrogens (primary N) is 2. The van der Waals surface area contributed by atoms with Gasteiger partial charge in [-0.25, -0.2) is 0 Å². The van der Waals surface area contributed by atoms with Gasteiger partial charge in [0.05, 0.1) is 12.6 Å². The van der Waals surface area contributed by atoms with E-state index < -0.39 is 41.8 Å². The van der Waals surface area contributed by atoms with Crippen LogP contribution in [0.3, 0.4) is 0 Å². The number of aromatic hydroxyl groups is 1. The summed E-state index contributed by atoms with van der Waals surface area (Å²) in [5, 5.41) is 17.2. The molecule has 7 N–H and O–H groups in total. The number of nitrogens with one attached hydrogen (secondary N) is 2. The van der Waals surface area contributed by atoms with E-state index in [9.17, 15) is 24.3 Å². The van der Waals surface area contributed by atoms with Crippen LogP contribution in [0.25, 0.3) is 10.8 Å². The van der Waals surface area contributed by atoms with Crippen molar-refractivity contribution in [2.24, 2.45) is 11.5 Å². The Morgan fingerprint density at radius 3 is 2.23 bits per heavy atom.